The predicted molar refractivity (Wildman–Crippen MR) is 116 cm³/mol. The molecule has 4 rings (SSSR count). The molecule has 0 amide bonds. The molecule has 1 aromatic carbocycles. The van der Waals surface area contributed by atoms with Crippen molar-refractivity contribution in [2.24, 2.45) is 0 Å². The van der Waals surface area contributed by atoms with Gasteiger partial charge in [-0.25, -0.2) is 4.98 Å². The summed E-state index contributed by atoms with van der Waals surface area (Å²) in [5.41, 5.74) is 3.28. The Hall–Kier alpha value is -1.29. The number of ether oxygens (including phenoxy) is 3. The van der Waals surface area contributed by atoms with Gasteiger partial charge < -0.3 is 20.6 Å². The topological polar surface area (TPSA) is 86.3 Å². The van der Waals surface area contributed by atoms with E-state index in [2.05, 4.69) is 28.8 Å². The first-order valence-corrected chi connectivity index (χ1v) is 11.6. The van der Waals surface area contributed by atoms with Crippen molar-refractivity contribution < 1.29 is 49.4 Å². The summed E-state index contributed by atoms with van der Waals surface area (Å²) in [5.74, 6) is 0.493. The first kappa shape index (κ1) is 24.4. The molecule has 2 unspecified atom stereocenters. The Morgan fingerprint density at radius 1 is 1.29 bits per heavy atom. The molecule has 31 heavy (non-hydrogen) atoms. The molecule has 9 heteroatoms. The van der Waals surface area contributed by atoms with E-state index in [1.54, 1.807) is 6.20 Å². The van der Waals surface area contributed by atoms with Crippen molar-refractivity contribution in [1.29, 1.82) is 0 Å². The minimum absolute atomic E-state index is 0. The smallest absolute Gasteiger partial charge is 1.00 e. The molecule has 1 aliphatic rings. The maximum absolute atomic E-state index is 12.9. The summed E-state index contributed by atoms with van der Waals surface area (Å²) in [4.78, 5) is 12.0. The number of para-hydroxylation sites is 2. The van der Waals surface area contributed by atoms with Gasteiger partial charge in [-0.3, -0.25) is 9.19 Å². The van der Waals surface area contributed by atoms with Crippen molar-refractivity contribution in [1.82, 2.24) is 15.0 Å². The van der Waals surface area contributed by atoms with Crippen molar-refractivity contribution in [3.63, 3.8) is 0 Å². The van der Waals surface area contributed by atoms with Crippen molar-refractivity contribution >= 4 is 21.8 Å². The average molecular weight is 454 g/mol. The number of hydrogen-bond acceptors (Lipinski definition) is 6. The molecule has 0 aliphatic carbocycles. The Morgan fingerprint density at radius 3 is 2.77 bits per heavy atom. The number of H-pyrrole nitrogens is 1. The van der Waals surface area contributed by atoms with Crippen LogP contribution in [0.3, 0.4) is 0 Å². The normalized spacial score (nSPS) is 18.6. The van der Waals surface area contributed by atoms with E-state index in [4.69, 9.17) is 14.2 Å². The molecule has 1 saturated heterocycles. The van der Waals surface area contributed by atoms with E-state index < -0.39 is 16.6 Å². The van der Waals surface area contributed by atoms with Crippen molar-refractivity contribution in [3.8, 4) is 5.75 Å². The summed E-state index contributed by atoms with van der Waals surface area (Å²) >= 11 is 0. The number of pyridine rings is 1. The Kier molecular flexibility index (Phi) is 8.29. The van der Waals surface area contributed by atoms with Gasteiger partial charge in [-0.2, -0.15) is 0 Å². The average Bonchev–Trinajstić information content (AvgIpc) is 3.39. The number of rotatable bonds is 8. The first-order valence-electron chi connectivity index (χ1n) is 10.3. The van der Waals surface area contributed by atoms with Crippen LogP contribution in [0.1, 0.15) is 39.4 Å². The Morgan fingerprint density at radius 2 is 2.06 bits per heavy atom. The maximum Gasteiger partial charge on any atom is 1.00 e. The zero-order chi connectivity index (χ0) is 21.1. The van der Waals surface area contributed by atoms with E-state index in [0.29, 0.717) is 18.4 Å². The van der Waals surface area contributed by atoms with E-state index in [0.717, 1.165) is 40.9 Å². The van der Waals surface area contributed by atoms with Crippen LogP contribution in [-0.4, -0.2) is 44.3 Å². The molecule has 7 nitrogen and oxygen atoms in total. The zero-order valence-corrected chi connectivity index (χ0v) is 21.3. The van der Waals surface area contributed by atoms with Crippen molar-refractivity contribution in [2.45, 2.75) is 56.4 Å². The molecule has 2 aromatic heterocycles. The minimum Gasteiger partial charge on any atom is -1.00 e. The van der Waals surface area contributed by atoms with Gasteiger partial charge in [0, 0.05) is 11.8 Å². The van der Waals surface area contributed by atoms with Gasteiger partial charge in [-0.05, 0) is 38.0 Å². The predicted octanol–water partition coefficient (Wildman–Crippen LogP) is 1.00. The summed E-state index contributed by atoms with van der Waals surface area (Å²) in [6, 6.07) is 9.47. The fourth-order valence-corrected chi connectivity index (χ4v) is 4.69. The Labute approximate surface area is 208 Å². The summed E-state index contributed by atoms with van der Waals surface area (Å²) in [6.45, 7) is 6.98. The van der Waals surface area contributed by atoms with Gasteiger partial charge in [0.25, 0.3) is 0 Å². The molecule has 2 atom stereocenters. The molecular weight excluding hydrogens is 425 g/mol. The van der Waals surface area contributed by atoms with Gasteiger partial charge >= 0.3 is 29.6 Å². The second kappa shape index (κ2) is 10.6. The summed E-state index contributed by atoms with van der Waals surface area (Å²) in [7, 11) is -1.33. The fraction of sp³-hybridized carbons (Fsp3) is 0.455. The summed E-state index contributed by atoms with van der Waals surface area (Å²) in [6.07, 6.45) is 3.20. The molecular formula is C22H28N3NaO4S. The van der Waals surface area contributed by atoms with E-state index in [1.165, 1.54) is 0 Å². The third-order valence-electron chi connectivity index (χ3n) is 5.53. The van der Waals surface area contributed by atoms with Crippen molar-refractivity contribution in [2.75, 3.05) is 13.2 Å². The molecule has 3 heterocycles. The Balaban J connectivity index is 0.00000181. The number of nitrogens with zero attached hydrogens (tertiary/aromatic N) is 2. The van der Waals surface area contributed by atoms with Gasteiger partial charge in [0.15, 0.2) is 10.9 Å². The van der Waals surface area contributed by atoms with E-state index in [1.807, 2.05) is 37.3 Å². The molecule has 3 aromatic rings. The van der Waals surface area contributed by atoms with Gasteiger partial charge in [0.1, 0.15) is 18.5 Å². The number of fused-ring (bicyclic) bond motifs is 1. The monoisotopic (exact) mass is 453 g/mol. The van der Waals surface area contributed by atoms with E-state index in [9.17, 15) is 4.21 Å². The summed E-state index contributed by atoms with van der Waals surface area (Å²) < 4.78 is 30.8. The van der Waals surface area contributed by atoms with Crippen molar-refractivity contribution in [3.05, 3.63) is 47.8 Å². The van der Waals surface area contributed by atoms with Crippen LogP contribution >= 0.6 is 0 Å². The van der Waals surface area contributed by atoms with Crippen LogP contribution in [0.5, 0.6) is 5.75 Å². The molecule has 162 valence electrons. The molecule has 1 N–H and O–H groups in total. The van der Waals surface area contributed by atoms with Crippen LogP contribution in [0.25, 0.3) is 11.0 Å². The van der Waals surface area contributed by atoms with Crippen LogP contribution < -0.4 is 34.3 Å². The Bertz CT molecular complexity index is 1030. The summed E-state index contributed by atoms with van der Waals surface area (Å²) in [5, 5.41) is 0.454. The van der Waals surface area contributed by atoms with Crippen LogP contribution in [0.15, 0.2) is 41.7 Å². The number of imidazole rings is 1. The SMILES string of the molecule is CCC1(CC)OCC(COc2ccnc(CS(=O)c3nc4ccccc4[nH]3)c2C)O1.[H-].[Na+]. The number of aromatic amines is 1. The molecule has 0 spiro atoms. The van der Waals surface area contributed by atoms with Gasteiger partial charge in [0.05, 0.1) is 39.9 Å². The molecule has 1 fully saturated rings. The first-order chi connectivity index (χ1) is 14.5. The van der Waals surface area contributed by atoms with Crippen LogP contribution in [0.2, 0.25) is 0 Å². The second-order valence-corrected chi connectivity index (χ2v) is 8.78. The standard InChI is InChI=1S/C22H27N3O4S.Na.H/c1-4-22(5-2)28-13-16(29-22)12-27-20-10-11-23-19(15(20)3)14-30(26)21-24-17-8-6-7-9-18(17)25-21;;/h6-11,16H,4-5,12-14H2,1-3H3,(H,24,25);;/q;+1;-1. The van der Waals surface area contributed by atoms with Crippen LogP contribution in [0, 0.1) is 6.92 Å². The zero-order valence-electron chi connectivity index (χ0n) is 19.5. The van der Waals surface area contributed by atoms with Crippen LogP contribution in [-0.2, 0) is 26.0 Å². The second-order valence-electron chi connectivity index (χ2n) is 7.41. The number of hydrogen-bond donors (Lipinski definition) is 1. The van der Waals surface area contributed by atoms with E-state index >= 15 is 0 Å². The quantitative estimate of drug-likeness (QED) is 0.512. The number of benzene rings is 1. The number of aromatic nitrogens is 3. The maximum atomic E-state index is 12.9. The fourth-order valence-electron chi connectivity index (χ4n) is 3.59. The number of nitrogens with one attached hydrogen (secondary N) is 1. The largest absolute Gasteiger partial charge is 1.00 e. The van der Waals surface area contributed by atoms with Gasteiger partial charge in [0.2, 0.25) is 0 Å². The molecule has 0 saturated carbocycles. The molecule has 0 radical (unpaired) electrons. The third-order valence-corrected chi connectivity index (χ3v) is 6.69. The third kappa shape index (κ3) is 5.38. The minimum atomic E-state index is -1.33. The molecule has 1 aliphatic heterocycles. The molecule has 0 bridgehead atoms. The van der Waals surface area contributed by atoms with E-state index in [-0.39, 0.29) is 42.8 Å². The van der Waals surface area contributed by atoms with Gasteiger partial charge in [-0.15, -0.1) is 0 Å². The van der Waals surface area contributed by atoms with Gasteiger partial charge in [-0.1, -0.05) is 26.0 Å². The van der Waals surface area contributed by atoms with Crippen LogP contribution in [0.4, 0.5) is 0 Å².